The van der Waals surface area contributed by atoms with Crippen molar-refractivity contribution in [2.45, 2.75) is 18.7 Å². The highest BCUT2D eigenvalue weighted by Gasteiger charge is 2.14. The van der Waals surface area contributed by atoms with Gasteiger partial charge in [0, 0.05) is 4.90 Å². The van der Waals surface area contributed by atoms with E-state index in [-0.39, 0.29) is 5.97 Å². The SMILES string of the molecule is CCOC(=O)c1cc(SC)ccc1OCC. The minimum atomic E-state index is -0.332. The average Bonchev–Trinajstić information content (AvgIpc) is 2.30. The van der Waals surface area contributed by atoms with Crippen molar-refractivity contribution < 1.29 is 14.3 Å². The molecule has 1 aromatic rings. The first-order chi connectivity index (χ1) is 7.72. The molecular weight excluding hydrogens is 224 g/mol. The zero-order chi connectivity index (χ0) is 12.0. The van der Waals surface area contributed by atoms with E-state index in [9.17, 15) is 4.79 Å². The summed E-state index contributed by atoms with van der Waals surface area (Å²) >= 11 is 1.58. The molecule has 0 amide bonds. The molecule has 0 radical (unpaired) electrons. The molecule has 0 heterocycles. The standard InChI is InChI=1S/C12H16O3S/c1-4-14-11-7-6-9(16-3)8-10(11)12(13)15-5-2/h6-8H,4-5H2,1-3H3. The molecular formula is C12H16O3S. The molecule has 0 unspecified atom stereocenters. The Morgan fingerprint density at radius 1 is 1.31 bits per heavy atom. The summed E-state index contributed by atoms with van der Waals surface area (Å²) in [5.74, 6) is 0.251. The molecule has 0 atom stereocenters. The maximum Gasteiger partial charge on any atom is 0.341 e. The molecule has 0 saturated carbocycles. The Labute approximate surface area is 100 Å². The quantitative estimate of drug-likeness (QED) is 0.585. The van der Waals surface area contributed by atoms with E-state index in [2.05, 4.69) is 0 Å². The minimum absolute atomic E-state index is 0.332. The van der Waals surface area contributed by atoms with Crippen LogP contribution in [0.1, 0.15) is 24.2 Å². The van der Waals surface area contributed by atoms with Crippen LogP contribution in [-0.2, 0) is 4.74 Å². The van der Waals surface area contributed by atoms with Crippen LogP contribution in [0.2, 0.25) is 0 Å². The molecule has 4 heteroatoms. The van der Waals surface area contributed by atoms with Crippen molar-refractivity contribution in [3.05, 3.63) is 23.8 Å². The van der Waals surface area contributed by atoms with E-state index >= 15 is 0 Å². The molecule has 3 nitrogen and oxygen atoms in total. The summed E-state index contributed by atoms with van der Waals surface area (Å²) in [4.78, 5) is 12.7. The van der Waals surface area contributed by atoms with Crippen LogP contribution in [0, 0.1) is 0 Å². The first-order valence-corrected chi connectivity index (χ1v) is 6.43. The molecule has 16 heavy (non-hydrogen) atoms. The van der Waals surface area contributed by atoms with E-state index in [1.807, 2.05) is 25.3 Å². The van der Waals surface area contributed by atoms with Crippen molar-refractivity contribution in [1.29, 1.82) is 0 Å². The number of carbonyl (C=O) groups excluding carboxylic acids is 1. The fourth-order valence-electron chi connectivity index (χ4n) is 1.29. The van der Waals surface area contributed by atoms with Gasteiger partial charge in [-0.25, -0.2) is 4.79 Å². The monoisotopic (exact) mass is 240 g/mol. The number of esters is 1. The highest BCUT2D eigenvalue weighted by Crippen LogP contribution is 2.25. The van der Waals surface area contributed by atoms with Crippen LogP contribution in [0.4, 0.5) is 0 Å². The molecule has 0 bridgehead atoms. The van der Waals surface area contributed by atoms with Crippen molar-refractivity contribution in [2.75, 3.05) is 19.5 Å². The minimum Gasteiger partial charge on any atom is -0.493 e. The van der Waals surface area contributed by atoms with Gasteiger partial charge < -0.3 is 9.47 Å². The van der Waals surface area contributed by atoms with Gasteiger partial charge in [0.15, 0.2) is 0 Å². The molecule has 0 aromatic heterocycles. The van der Waals surface area contributed by atoms with Crippen molar-refractivity contribution in [2.24, 2.45) is 0 Å². The van der Waals surface area contributed by atoms with Gasteiger partial charge in [-0.2, -0.15) is 0 Å². The molecule has 0 saturated heterocycles. The summed E-state index contributed by atoms with van der Waals surface area (Å²) in [5, 5.41) is 0. The molecule has 88 valence electrons. The van der Waals surface area contributed by atoms with Gasteiger partial charge in [0.05, 0.1) is 13.2 Å². The van der Waals surface area contributed by atoms with Crippen molar-refractivity contribution in [1.82, 2.24) is 0 Å². The zero-order valence-electron chi connectivity index (χ0n) is 9.78. The number of hydrogen-bond acceptors (Lipinski definition) is 4. The van der Waals surface area contributed by atoms with Gasteiger partial charge in [-0.3, -0.25) is 0 Å². The van der Waals surface area contributed by atoms with Gasteiger partial charge in [-0.05, 0) is 38.3 Å². The van der Waals surface area contributed by atoms with Crippen LogP contribution < -0.4 is 4.74 Å². The Kier molecular flexibility index (Phi) is 5.19. The predicted octanol–water partition coefficient (Wildman–Crippen LogP) is 2.98. The average molecular weight is 240 g/mol. The van der Waals surface area contributed by atoms with E-state index in [0.717, 1.165) is 4.90 Å². The zero-order valence-corrected chi connectivity index (χ0v) is 10.6. The van der Waals surface area contributed by atoms with Crippen molar-refractivity contribution in [3.8, 4) is 5.75 Å². The maximum absolute atomic E-state index is 11.7. The molecule has 1 aromatic carbocycles. The summed E-state index contributed by atoms with van der Waals surface area (Å²) in [5.41, 5.74) is 0.496. The second kappa shape index (κ2) is 6.43. The summed E-state index contributed by atoms with van der Waals surface area (Å²) < 4.78 is 10.4. The third kappa shape index (κ3) is 3.17. The first-order valence-electron chi connectivity index (χ1n) is 5.20. The molecule has 0 aliphatic carbocycles. The predicted molar refractivity (Wildman–Crippen MR) is 65.3 cm³/mol. The van der Waals surface area contributed by atoms with Gasteiger partial charge in [0.1, 0.15) is 11.3 Å². The Morgan fingerprint density at radius 2 is 2.06 bits per heavy atom. The number of ether oxygens (including phenoxy) is 2. The van der Waals surface area contributed by atoms with Crippen LogP contribution >= 0.6 is 11.8 Å². The van der Waals surface area contributed by atoms with Gasteiger partial charge in [-0.15, -0.1) is 11.8 Å². The Morgan fingerprint density at radius 3 is 2.62 bits per heavy atom. The second-order valence-electron chi connectivity index (χ2n) is 3.02. The molecule has 0 fully saturated rings. The van der Waals surface area contributed by atoms with Gasteiger partial charge in [0.25, 0.3) is 0 Å². The number of rotatable bonds is 5. The number of hydrogen-bond donors (Lipinski definition) is 0. The van der Waals surface area contributed by atoms with E-state index in [0.29, 0.717) is 24.5 Å². The highest BCUT2D eigenvalue weighted by atomic mass is 32.2. The summed E-state index contributed by atoms with van der Waals surface area (Å²) in [7, 11) is 0. The van der Waals surface area contributed by atoms with E-state index in [1.54, 1.807) is 24.8 Å². The molecule has 0 aliphatic rings. The highest BCUT2D eigenvalue weighted by molar-refractivity contribution is 7.98. The van der Waals surface area contributed by atoms with Gasteiger partial charge in [-0.1, -0.05) is 0 Å². The van der Waals surface area contributed by atoms with Gasteiger partial charge >= 0.3 is 5.97 Å². The lowest BCUT2D eigenvalue weighted by molar-refractivity contribution is 0.0521. The summed E-state index contributed by atoms with van der Waals surface area (Å²) in [6.45, 7) is 4.58. The number of benzene rings is 1. The third-order valence-electron chi connectivity index (χ3n) is 1.98. The molecule has 0 N–H and O–H groups in total. The van der Waals surface area contributed by atoms with Gasteiger partial charge in [0.2, 0.25) is 0 Å². The number of thioether (sulfide) groups is 1. The van der Waals surface area contributed by atoms with Crippen molar-refractivity contribution in [3.63, 3.8) is 0 Å². The normalized spacial score (nSPS) is 9.94. The Balaban J connectivity index is 3.04. The van der Waals surface area contributed by atoms with E-state index < -0.39 is 0 Å². The topological polar surface area (TPSA) is 35.5 Å². The van der Waals surface area contributed by atoms with E-state index in [4.69, 9.17) is 9.47 Å². The first kappa shape index (κ1) is 12.9. The largest absolute Gasteiger partial charge is 0.493 e. The lowest BCUT2D eigenvalue weighted by Crippen LogP contribution is -2.08. The number of carbonyl (C=O) groups is 1. The molecule has 0 aliphatic heterocycles. The molecule has 1 rings (SSSR count). The fraction of sp³-hybridized carbons (Fsp3) is 0.417. The van der Waals surface area contributed by atoms with Crippen LogP contribution in [0.15, 0.2) is 23.1 Å². The summed E-state index contributed by atoms with van der Waals surface area (Å²) in [6.07, 6.45) is 1.96. The lowest BCUT2D eigenvalue weighted by atomic mass is 10.2. The summed E-state index contributed by atoms with van der Waals surface area (Å²) in [6, 6.07) is 5.54. The Bertz CT molecular complexity index is 363. The van der Waals surface area contributed by atoms with Crippen LogP contribution in [0.5, 0.6) is 5.75 Å². The van der Waals surface area contributed by atoms with E-state index in [1.165, 1.54) is 0 Å². The van der Waals surface area contributed by atoms with Crippen LogP contribution in [-0.4, -0.2) is 25.4 Å². The maximum atomic E-state index is 11.7. The smallest absolute Gasteiger partial charge is 0.341 e. The molecule has 0 spiro atoms. The van der Waals surface area contributed by atoms with Crippen molar-refractivity contribution >= 4 is 17.7 Å². The van der Waals surface area contributed by atoms with Crippen LogP contribution in [0.3, 0.4) is 0 Å². The third-order valence-corrected chi connectivity index (χ3v) is 2.71. The van der Waals surface area contributed by atoms with Crippen LogP contribution in [0.25, 0.3) is 0 Å². The Hall–Kier alpha value is -1.16. The fourth-order valence-corrected chi connectivity index (χ4v) is 1.73. The lowest BCUT2D eigenvalue weighted by Gasteiger charge is -2.10. The second-order valence-corrected chi connectivity index (χ2v) is 3.90.